The van der Waals surface area contributed by atoms with Crippen LogP contribution in [0.3, 0.4) is 0 Å². The minimum absolute atomic E-state index is 0.0238. The fourth-order valence-corrected chi connectivity index (χ4v) is 2.84. The fourth-order valence-electron chi connectivity index (χ4n) is 2.84. The number of aliphatic hydroxyl groups excluding tert-OH is 1. The third kappa shape index (κ3) is 5.41. The van der Waals surface area contributed by atoms with Gasteiger partial charge in [0.15, 0.2) is 0 Å². The summed E-state index contributed by atoms with van der Waals surface area (Å²) in [5, 5.41) is 10.1. The molecule has 6 heteroatoms. The van der Waals surface area contributed by atoms with Crippen LogP contribution in [0.4, 0.5) is 8.78 Å². The molecule has 1 fully saturated rings. The number of rotatable bonds is 7. The molecule has 25 heavy (non-hydrogen) atoms. The van der Waals surface area contributed by atoms with Gasteiger partial charge in [0, 0.05) is 19.6 Å². The molecular formula is C19H21F2NO3. The lowest BCUT2D eigenvalue weighted by molar-refractivity contribution is 0.0720. The molecule has 2 atom stereocenters. The summed E-state index contributed by atoms with van der Waals surface area (Å²) in [7, 11) is 0. The molecule has 0 bridgehead atoms. The maximum atomic E-state index is 12.9. The Morgan fingerprint density at radius 3 is 2.24 bits per heavy atom. The lowest BCUT2D eigenvalue weighted by Gasteiger charge is -2.20. The quantitative estimate of drug-likeness (QED) is 0.835. The van der Waals surface area contributed by atoms with Crippen LogP contribution in [0.15, 0.2) is 48.5 Å². The first kappa shape index (κ1) is 17.6. The van der Waals surface area contributed by atoms with Crippen molar-refractivity contribution in [3.05, 3.63) is 60.2 Å². The zero-order valence-electron chi connectivity index (χ0n) is 13.8. The van der Waals surface area contributed by atoms with Crippen molar-refractivity contribution in [1.82, 2.24) is 4.90 Å². The van der Waals surface area contributed by atoms with E-state index in [9.17, 15) is 13.9 Å². The summed E-state index contributed by atoms with van der Waals surface area (Å²) < 4.78 is 37.0. The number of benzene rings is 2. The molecule has 0 aromatic heterocycles. The first-order valence-corrected chi connectivity index (χ1v) is 8.29. The van der Waals surface area contributed by atoms with Crippen LogP contribution >= 0.6 is 0 Å². The molecule has 1 saturated heterocycles. The van der Waals surface area contributed by atoms with Crippen LogP contribution in [-0.2, 0) is 0 Å². The summed E-state index contributed by atoms with van der Waals surface area (Å²) in [6, 6.07) is 11.7. The van der Waals surface area contributed by atoms with E-state index in [-0.39, 0.29) is 24.3 Å². The van der Waals surface area contributed by atoms with Gasteiger partial charge in [-0.2, -0.15) is 0 Å². The van der Waals surface area contributed by atoms with Crippen LogP contribution in [0, 0.1) is 11.6 Å². The Labute approximate surface area is 145 Å². The highest BCUT2D eigenvalue weighted by Gasteiger charge is 2.25. The van der Waals surface area contributed by atoms with Crippen LogP contribution in [-0.4, -0.2) is 48.5 Å². The van der Waals surface area contributed by atoms with E-state index in [1.165, 1.54) is 36.4 Å². The van der Waals surface area contributed by atoms with Crippen molar-refractivity contribution < 1.29 is 23.4 Å². The third-order valence-corrected chi connectivity index (χ3v) is 4.07. The van der Waals surface area contributed by atoms with Crippen LogP contribution < -0.4 is 9.47 Å². The summed E-state index contributed by atoms with van der Waals surface area (Å²) in [6.07, 6.45) is 0.230. The number of hydrogen-bond donors (Lipinski definition) is 1. The molecule has 0 saturated carbocycles. The second-order valence-electron chi connectivity index (χ2n) is 6.16. The minimum Gasteiger partial charge on any atom is -0.491 e. The fraction of sp³-hybridized carbons (Fsp3) is 0.368. The molecular weight excluding hydrogens is 328 g/mol. The maximum absolute atomic E-state index is 12.9. The normalized spacial score (nSPS) is 18.9. The Morgan fingerprint density at radius 2 is 1.60 bits per heavy atom. The van der Waals surface area contributed by atoms with Gasteiger partial charge in [0.25, 0.3) is 0 Å². The summed E-state index contributed by atoms with van der Waals surface area (Å²) >= 11 is 0. The third-order valence-electron chi connectivity index (χ3n) is 4.07. The minimum atomic E-state index is -0.644. The monoisotopic (exact) mass is 349 g/mol. The van der Waals surface area contributed by atoms with Crippen LogP contribution in [0.25, 0.3) is 0 Å². The molecule has 1 aliphatic heterocycles. The van der Waals surface area contributed by atoms with E-state index in [1.54, 1.807) is 12.1 Å². The van der Waals surface area contributed by atoms with Crippen molar-refractivity contribution in [3.63, 3.8) is 0 Å². The number of likely N-dealkylation sites (tertiary alicyclic amines) is 1. The molecule has 1 N–H and O–H groups in total. The van der Waals surface area contributed by atoms with Gasteiger partial charge in [0.05, 0.1) is 0 Å². The van der Waals surface area contributed by atoms with Gasteiger partial charge in [-0.05, 0) is 55.0 Å². The number of halogens is 2. The predicted molar refractivity (Wildman–Crippen MR) is 89.8 cm³/mol. The summed E-state index contributed by atoms with van der Waals surface area (Å²) in [4.78, 5) is 2.10. The molecule has 0 aliphatic carbocycles. The first-order chi connectivity index (χ1) is 12.1. The van der Waals surface area contributed by atoms with Gasteiger partial charge < -0.3 is 14.6 Å². The molecule has 1 aliphatic rings. The lowest BCUT2D eigenvalue weighted by Crippen LogP contribution is -2.35. The van der Waals surface area contributed by atoms with Gasteiger partial charge in [-0.3, -0.25) is 4.90 Å². The van der Waals surface area contributed by atoms with E-state index in [0.29, 0.717) is 24.6 Å². The van der Waals surface area contributed by atoms with Crippen molar-refractivity contribution in [3.8, 4) is 11.5 Å². The van der Waals surface area contributed by atoms with Gasteiger partial charge in [0.1, 0.15) is 41.9 Å². The topological polar surface area (TPSA) is 41.9 Å². The molecule has 134 valence electrons. The number of β-amino-alcohol motifs (C(OH)–C–C–N with tert-alkyl or cyclic N) is 1. The molecule has 2 aromatic carbocycles. The van der Waals surface area contributed by atoms with Gasteiger partial charge in [-0.1, -0.05) is 0 Å². The smallest absolute Gasteiger partial charge is 0.123 e. The van der Waals surface area contributed by atoms with Gasteiger partial charge in [-0.15, -0.1) is 0 Å². The molecule has 2 aromatic rings. The Bertz CT molecular complexity index is 663. The lowest BCUT2D eigenvalue weighted by atomic mass is 10.3. The number of aliphatic hydroxyl groups is 1. The highest BCUT2D eigenvalue weighted by molar-refractivity contribution is 5.23. The van der Waals surface area contributed by atoms with Crippen LogP contribution in [0.5, 0.6) is 11.5 Å². The largest absolute Gasteiger partial charge is 0.491 e. The Kier molecular flexibility index (Phi) is 5.83. The van der Waals surface area contributed by atoms with Gasteiger partial charge >= 0.3 is 0 Å². The average molecular weight is 349 g/mol. The second-order valence-corrected chi connectivity index (χ2v) is 6.16. The van der Waals surface area contributed by atoms with E-state index in [2.05, 4.69) is 4.90 Å². The SMILES string of the molecule is OC(COc1ccc(F)cc1)CN1CCC(Oc2ccc(F)cc2)C1. The van der Waals surface area contributed by atoms with E-state index >= 15 is 0 Å². The van der Waals surface area contributed by atoms with Crippen molar-refractivity contribution >= 4 is 0 Å². The second kappa shape index (κ2) is 8.27. The number of hydrogen-bond acceptors (Lipinski definition) is 4. The predicted octanol–water partition coefficient (Wildman–Crippen LogP) is 2.86. The molecule has 1 heterocycles. The molecule has 4 nitrogen and oxygen atoms in total. The molecule has 2 unspecified atom stereocenters. The van der Waals surface area contributed by atoms with Crippen molar-refractivity contribution in [2.75, 3.05) is 26.2 Å². The number of nitrogens with zero attached hydrogens (tertiary/aromatic N) is 1. The Hall–Kier alpha value is -2.18. The molecule has 0 amide bonds. The molecule has 3 rings (SSSR count). The first-order valence-electron chi connectivity index (χ1n) is 8.29. The van der Waals surface area contributed by atoms with E-state index in [0.717, 1.165) is 13.0 Å². The van der Waals surface area contributed by atoms with E-state index in [4.69, 9.17) is 9.47 Å². The Morgan fingerprint density at radius 1 is 1.00 bits per heavy atom. The van der Waals surface area contributed by atoms with Crippen molar-refractivity contribution in [2.24, 2.45) is 0 Å². The van der Waals surface area contributed by atoms with E-state index < -0.39 is 6.10 Å². The highest BCUT2D eigenvalue weighted by Crippen LogP contribution is 2.19. The van der Waals surface area contributed by atoms with E-state index in [1.807, 2.05) is 0 Å². The number of ether oxygens (including phenoxy) is 2. The van der Waals surface area contributed by atoms with Crippen LogP contribution in [0.2, 0.25) is 0 Å². The average Bonchev–Trinajstić information content (AvgIpc) is 3.03. The highest BCUT2D eigenvalue weighted by atomic mass is 19.1. The van der Waals surface area contributed by atoms with Crippen LogP contribution in [0.1, 0.15) is 6.42 Å². The zero-order chi connectivity index (χ0) is 17.6. The van der Waals surface area contributed by atoms with Gasteiger partial charge in [0.2, 0.25) is 0 Å². The standard InChI is InChI=1S/C19H21F2NO3/c20-14-1-5-17(6-2-14)24-13-16(23)11-22-10-9-19(12-22)25-18-7-3-15(21)4-8-18/h1-8,16,19,23H,9-13H2. The van der Waals surface area contributed by atoms with Gasteiger partial charge in [-0.25, -0.2) is 8.78 Å². The summed E-state index contributed by atoms with van der Waals surface area (Å²) in [6.45, 7) is 2.14. The maximum Gasteiger partial charge on any atom is 0.123 e. The van der Waals surface area contributed by atoms with Crippen molar-refractivity contribution in [2.45, 2.75) is 18.6 Å². The Balaban J connectivity index is 1.39. The summed E-state index contributed by atoms with van der Waals surface area (Å²) in [5.41, 5.74) is 0. The molecule has 0 spiro atoms. The zero-order valence-corrected chi connectivity index (χ0v) is 13.8. The molecule has 0 radical (unpaired) electrons. The summed E-state index contributed by atoms with van der Waals surface area (Å²) in [5.74, 6) is 0.565. The van der Waals surface area contributed by atoms with Crippen molar-refractivity contribution in [1.29, 1.82) is 0 Å².